The molecule has 0 amide bonds. The van der Waals surface area contributed by atoms with Crippen LogP contribution in [0, 0.1) is 0 Å². The van der Waals surface area contributed by atoms with E-state index >= 15 is 0 Å². The van der Waals surface area contributed by atoms with Gasteiger partial charge in [-0.25, -0.2) is 9.13 Å². The first-order valence-corrected chi connectivity index (χ1v) is 9.97. The quantitative estimate of drug-likeness (QED) is 0.357. The van der Waals surface area contributed by atoms with Crippen LogP contribution in [0.3, 0.4) is 0 Å². The summed E-state index contributed by atoms with van der Waals surface area (Å²) in [6, 6.07) is 0. The Morgan fingerprint density at radius 2 is 1.17 bits per heavy atom. The van der Waals surface area contributed by atoms with Crippen molar-refractivity contribution < 1.29 is 56.7 Å². The summed E-state index contributed by atoms with van der Waals surface area (Å²) < 4.78 is 52.1. The Morgan fingerprint density at radius 3 is 1.38 bits per heavy atom. The van der Waals surface area contributed by atoms with E-state index in [2.05, 4.69) is 9.05 Å². The highest BCUT2D eigenvalue weighted by Crippen LogP contribution is 2.41. The third-order valence-electron chi connectivity index (χ3n) is 2.83. The van der Waals surface area contributed by atoms with Gasteiger partial charge in [-0.3, -0.25) is 9.05 Å². The van der Waals surface area contributed by atoms with Crippen LogP contribution in [0.2, 0.25) is 0 Å². The van der Waals surface area contributed by atoms with Crippen LogP contribution in [0.5, 0.6) is 0 Å². The number of ether oxygens (including phenoxy) is 4. The second-order valence-electron chi connectivity index (χ2n) is 4.79. The van der Waals surface area contributed by atoms with Gasteiger partial charge in [0.15, 0.2) is 0 Å². The molecule has 2 unspecified atom stereocenters. The smallest absolute Gasteiger partial charge is 0.346 e. The van der Waals surface area contributed by atoms with Crippen molar-refractivity contribution in [3.8, 4) is 0 Å². The molecule has 0 aromatic heterocycles. The van der Waals surface area contributed by atoms with Crippen LogP contribution in [-0.2, 0) is 37.1 Å². The number of phosphoric acid groups is 2. The van der Waals surface area contributed by atoms with E-state index in [1.807, 2.05) is 0 Å². The van der Waals surface area contributed by atoms with Crippen LogP contribution in [-0.4, -0.2) is 70.8 Å². The van der Waals surface area contributed by atoms with Gasteiger partial charge in [0.05, 0.1) is 0 Å². The van der Waals surface area contributed by atoms with Gasteiger partial charge in [-0.15, -0.1) is 0 Å². The molecular weight excluding hydrogens is 374 g/mol. The van der Waals surface area contributed by atoms with Crippen LogP contribution >= 0.6 is 15.6 Å². The molecule has 4 N–H and O–H groups in total. The highest BCUT2D eigenvalue weighted by atomic mass is 31.2. The molecule has 1 aliphatic heterocycles. The van der Waals surface area contributed by atoms with Crippen molar-refractivity contribution in [1.29, 1.82) is 0 Å². The van der Waals surface area contributed by atoms with E-state index in [-0.39, 0.29) is 26.4 Å². The second kappa shape index (κ2) is 8.63. The fourth-order valence-electron chi connectivity index (χ4n) is 1.87. The molecule has 24 heavy (non-hydrogen) atoms. The van der Waals surface area contributed by atoms with Crippen molar-refractivity contribution >= 4 is 15.6 Å². The van der Waals surface area contributed by atoms with Crippen LogP contribution in [0.1, 0.15) is 13.8 Å². The molecule has 0 aromatic carbocycles. The lowest BCUT2D eigenvalue weighted by atomic mass is 10.2. The number of hydrogen-bond acceptors (Lipinski definition) is 8. The first-order valence-electron chi connectivity index (χ1n) is 6.91. The number of phosphoric ester groups is 2. The zero-order valence-corrected chi connectivity index (χ0v) is 15.0. The summed E-state index contributed by atoms with van der Waals surface area (Å²) in [7, 11) is -9.51. The summed E-state index contributed by atoms with van der Waals surface area (Å²) in [4.78, 5) is 35.2. The summed E-state index contributed by atoms with van der Waals surface area (Å²) in [6.07, 6.45) is 0. The SMILES string of the molecule is CCOC1(COP(=O)(O)O)COC(COP(=O)(O)O)(OCC)CO1. The van der Waals surface area contributed by atoms with Crippen LogP contribution in [0.25, 0.3) is 0 Å². The topological polar surface area (TPSA) is 170 Å². The van der Waals surface area contributed by atoms with E-state index in [9.17, 15) is 9.13 Å². The van der Waals surface area contributed by atoms with Crippen LogP contribution < -0.4 is 0 Å². The summed E-state index contributed by atoms with van der Waals surface area (Å²) in [6.45, 7) is 1.55. The molecule has 0 saturated carbocycles. The first-order chi connectivity index (χ1) is 10.9. The van der Waals surface area contributed by atoms with E-state index in [0.29, 0.717) is 0 Å². The predicted octanol–water partition coefficient (Wildman–Crippen LogP) is -0.283. The van der Waals surface area contributed by atoms with Gasteiger partial charge < -0.3 is 38.5 Å². The van der Waals surface area contributed by atoms with E-state index in [1.54, 1.807) is 13.8 Å². The zero-order chi connectivity index (χ0) is 18.5. The lowest BCUT2D eigenvalue weighted by Gasteiger charge is -2.44. The Morgan fingerprint density at radius 1 is 0.833 bits per heavy atom. The van der Waals surface area contributed by atoms with Crippen molar-refractivity contribution in [3.05, 3.63) is 0 Å². The second-order valence-corrected chi connectivity index (χ2v) is 7.27. The van der Waals surface area contributed by atoms with Gasteiger partial charge in [-0.2, -0.15) is 0 Å². The fraction of sp³-hybridized carbons (Fsp3) is 1.00. The molecule has 144 valence electrons. The van der Waals surface area contributed by atoms with Gasteiger partial charge in [0.1, 0.15) is 26.4 Å². The van der Waals surface area contributed by atoms with E-state index in [1.165, 1.54) is 0 Å². The highest BCUT2D eigenvalue weighted by molar-refractivity contribution is 7.46. The highest BCUT2D eigenvalue weighted by Gasteiger charge is 2.48. The van der Waals surface area contributed by atoms with Crippen LogP contribution in [0.4, 0.5) is 0 Å². The van der Waals surface area contributed by atoms with Crippen molar-refractivity contribution in [3.63, 3.8) is 0 Å². The molecule has 0 radical (unpaired) electrons. The van der Waals surface area contributed by atoms with Crippen molar-refractivity contribution in [1.82, 2.24) is 0 Å². The van der Waals surface area contributed by atoms with Crippen LogP contribution in [0.15, 0.2) is 0 Å². The standard InChI is InChI=1S/C10H22O12P2/c1-3-17-9(7-21-23(11,12)13)5-20-10(6-19-9,18-4-2)8-22-24(14,15)16/h3-8H2,1-2H3,(H2,11,12,13)(H2,14,15,16). The van der Waals surface area contributed by atoms with Gasteiger partial charge in [-0.05, 0) is 13.8 Å². The maximum Gasteiger partial charge on any atom is 0.469 e. The molecular formula is C10H22O12P2. The summed E-state index contributed by atoms with van der Waals surface area (Å²) in [5.41, 5.74) is 0. The summed E-state index contributed by atoms with van der Waals surface area (Å²) in [5.74, 6) is -3.20. The van der Waals surface area contributed by atoms with Gasteiger partial charge in [0, 0.05) is 13.2 Å². The molecule has 12 nitrogen and oxygen atoms in total. The lowest BCUT2D eigenvalue weighted by Crippen LogP contribution is -2.59. The van der Waals surface area contributed by atoms with E-state index < -0.39 is 40.4 Å². The molecule has 1 saturated heterocycles. The molecule has 14 heteroatoms. The van der Waals surface area contributed by atoms with Gasteiger partial charge >= 0.3 is 15.6 Å². The molecule has 0 spiro atoms. The third-order valence-corrected chi connectivity index (χ3v) is 3.76. The average Bonchev–Trinajstić information content (AvgIpc) is 2.45. The average molecular weight is 396 g/mol. The number of hydrogen-bond donors (Lipinski definition) is 4. The minimum absolute atomic E-state index is 0.133. The van der Waals surface area contributed by atoms with Gasteiger partial charge in [0.2, 0.25) is 11.6 Å². The first kappa shape index (κ1) is 22.1. The molecule has 0 aromatic rings. The maximum absolute atomic E-state index is 10.9. The maximum atomic E-state index is 10.9. The van der Waals surface area contributed by atoms with Crippen molar-refractivity contribution in [2.24, 2.45) is 0 Å². The Balaban J connectivity index is 2.78. The lowest BCUT2D eigenvalue weighted by molar-refractivity contribution is -0.393. The fourth-order valence-corrected chi connectivity index (χ4v) is 2.60. The minimum Gasteiger partial charge on any atom is -0.346 e. The Bertz CT molecular complexity index is 432. The van der Waals surface area contributed by atoms with Crippen molar-refractivity contribution in [2.75, 3.05) is 39.6 Å². The number of rotatable bonds is 10. The van der Waals surface area contributed by atoms with E-state index in [0.717, 1.165) is 0 Å². The van der Waals surface area contributed by atoms with E-state index in [4.69, 9.17) is 38.5 Å². The Kier molecular flexibility index (Phi) is 7.95. The Labute approximate surface area is 138 Å². The molecule has 1 aliphatic rings. The molecule has 1 heterocycles. The summed E-state index contributed by atoms with van der Waals surface area (Å²) in [5, 5.41) is 0. The summed E-state index contributed by atoms with van der Waals surface area (Å²) >= 11 is 0. The molecule has 1 fully saturated rings. The molecule has 0 aliphatic carbocycles. The van der Waals surface area contributed by atoms with Gasteiger partial charge in [0.25, 0.3) is 0 Å². The molecule has 1 rings (SSSR count). The minimum atomic E-state index is -4.75. The zero-order valence-electron chi connectivity index (χ0n) is 13.2. The molecule has 2 atom stereocenters. The predicted molar refractivity (Wildman–Crippen MR) is 76.6 cm³/mol. The largest absolute Gasteiger partial charge is 0.469 e. The monoisotopic (exact) mass is 396 g/mol. The Hall–Kier alpha value is 0.0600. The normalized spacial score (nSPS) is 28.9. The third kappa shape index (κ3) is 7.52. The van der Waals surface area contributed by atoms with Crippen molar-refractivity contribution in [2.45, 2.75) is 25.4 Å². The van der Waals surface area contributed by atoms with Gasteiger partial charge in [-0.1, -0.05) is 0 Å². The molecule has 0 bridgehead atoms.